The summed E-state index contributed by atoms with van der Waals surface area (Å²) < 4.78 is 13.2. The van der Waals surface area contributed by atoms with Crippen molar-refractivity contribution in [3.63, 3.8) is 0 Å². The number of hydrogen-bond acceptors (Lipinski definition) is 6. The molecule has 1 atom stereocenters. The first-order valence-electron chi connectivity index (χ1n) is 9.88. The third-order valence-electron chi connectivity index (χ3n) is 5.06. The molecule has 1 amide bonds. The van der Waals surface area contributed by atoms with Crippen LogP contribution in [0.25, 0.3) is 16.6 Å². The van der Waals surface area contributed by atoms with Gasteiger partial charge in [-0.2, -0.15) is 0 Å². The van der Waals surface area contributed by atoms with Gasteiger partial charge in [-0.15, -0.1) is 0 Å². The van der Waals surface area contributed by atoms with Crippen LogP contribution in [-0.2, 0) is 9.53 Å². The first-order valence-corrected chi connectivity index (χ1v) is 11.8. The number of carbonyl (C=O) groups is 1. The van der Waals surface area contributed by atoms with Crippen LogP contribution in [0.3, 0.4) is 0 Å². The monoisotopic (exact) mass is 551 g/mol. The summed E-state index contributed by atoms with van der Waals surface area (Å²) in [6.07, 6.45) is 0. The van der Waals surface area contributed by atoms with Crippen molar-refractivity contribution in [2.45, 2.75) is 17.3 Å². The molecule has 0 N–H and O–H groups in total. The maximum atomic E-state index is 13.5. The molecule has 9 heteroatoms. The number of nitrogens with zero attached hydrogens (tertiary/aromatic N) is 3. The van der Waals surface area contributed by atoms with Gasteiger partial charge < -0.3 is 14.4 Å². The van der Waals surface area contributed by atoms with E-state index in [1.165, 1.54) is 11.8 Å². The number of rotatable bonds is 5. The summed E-state index contributed by atoms with van der Waals surface area (Å²) in [5, 5.41) is 0.607. The Bertz CT molecular complexity index is 1180. The van der Waals surface area contributed by atoms with Crippen LogP contribution in [0.2, 0.25) is 0 Å². The number of carbonyl (C=O) groups excluding carboxylic acids is 1. The van der Waals surface area contributed by atoms with Gasteiger partial charge in [0.2, 0.25) is 5.91 Å². The molecule has 4 rings (SSSR count). The van der Waals surface area contributed by atoms with Crippen molar-refractivity contribution in [3.8, 4) is 11.4 Å². The molecule has 1 aliphatic rings. The molecule has 1 saturated heterocycles. The Morgan fingerprint density at radius 1 is 1.23 bits per heavy atom. The molecule has 0 radical (unpaired) electrons. The smallest absolute Gasteiger partial charge is 0.266 e. The molecule has 1 fully saturated rings. The predicted octanol–water partition coefficient (Wildman–Crippen LogP) is 3.34. The van der Waals surface area contributed by atoms with Crippen molar-refractivity contribution in [3.05, 3.63) is 56.4 Å². The number of methoxy groups -OCH3 is 1. The molecule has 3 aromatic rings. The highest BCUT2D eigenvalue weighted by Gasteiger charge is 2.25. The highest BCUT2D eigenvalue weighted by molar-refractivity contribution is 14.1. The van der Waals surface area contributed by atoms with Crippen LogP contribution in [0, 0.1) is 3.57 Å². The molecule has 0 unspecified atom stereocenters. The van der Waals surface area contributed by atoms with Gasteiger partial charge in [0.1, 0.15) is 5.75 Å². The Hall–Kier alpha value is -2.11. The third kappa shape index (κ3) is 4.73. The number of amides is 1. The number of morpholine rings is 1. The molecular weight excluding hydrogens is 529 g/mol. The Balaban J connectivity index is 1.80. The second-order valence-corrected chi connectivity index (χ2v) is 9.65. The Labute approximate surface area is 197 Å². The van der Waals surface area contributed by atoms with Crippen LogP contribution in [0.15, 0.2) is 52.4 Å². The fourth-order valence-electron chi connectivity index (χ4n) is 3.44. The van der Waals surface area contributed by atoms with Gasteiger partial charge in [0.05, 0.1) is 42.2 Å². The third-order valence-corrected chi connectivity index (χ3v) is 6.77. The molecule has 0 spiro atoms. The van der Waals surface area contributed by atoms with Crippen LogP contribution in [0.1, 0.15) is 6.92 Å². The highest BCUT2D eigenvalue weighted by Crippen LogP contribution is 2.28. The number of fused-ring (bicyclic) bond motifs is 1. The molecule has 2 heterocycles. The predicted molar refractivity (Wildman–Crippen MR) is 129 cm³/mol. The van der Waals surface area contributed by atoms with E-state index < -0.39 is 5.25 Å². The van der Waals surface area contributed by atoms with E-state index in [2.05, 4.69) is 22.6 Å². The van der Waals surface area contributed by atoms with Crippen LogP contribution < -0.4 is 10.3 Å². The van der Waals surface area contributed by atoms with Gasteiger partial charge in [0.25, 0.3) is 5.56 Å². The van der Waals surface area contributed by atoms with Crippen LogP contribution in [0.4, 0.5) is 0 Å². The number of ether oxygens (including phenoxy) is 2. The first-order chi connectivity index (χ1) is 15.0. The van der Waals surface area contributed by atoms with E-state index in [0.717, 1.165) is 3.57 Å². The molecule has 0 bridgehead atoms. The maximum absolute atomic E-state index is 13.5. The molecule has 2 aromatic carbocycles. The van der Waals surface area contributed by atoms with E-state index in [1.807, 2.05) is 43.3 Å². The number of benzene rings is 2. The summed E-state index contributed by atoms with van der Waals surface area (Å²) in [4.78, 5) is 33.0. The number of thioether (sulfide) groups is 1. The molecule has 1 aromatic heterocycles. The zero-order chi connectivity index (χ0) is 22.0. The van der Waals surface area contributed by atoms with Crippen LogP contribution >= 0.6 is 34.4 Å². The number of aromatic nitrogens is 2. The molecule has 162 valence electrons. The summed E-state index contributed by atoms with van der Waals surface area (Å²) in [6.45, 7) is 4.10. The second-order valence-electron chi connectivity index (χ2n) is 7.10. The molecule has 7 nitrogen and oxygen atoms in total. The van der Waals surface area contributed by atoms with E-state index in [0.29, 0.717) is 53.8 Å². The van der Waals surface area contributed by atoms with E-state index in [4.69, 9.17) is 14.5 Å². The molecule has 31 heavy (non-hydrogen) atoms. The van der Waals surface area contributed by atoms with Crippen LogP contribution in [0.5, 0.6) is 5.75 Å². The Morgan fingerprint density at radius 2 is 2.00 bits per heavy atom. The lowest BCUT2D eigenvalue weighted by Crippen LogP contribution is -2.44. The van der Waals surface area contributed by atoms with Gasteiger partial charge in [-0.3, -0.25) is 14.2 Å². The maximum Gasteiger partial charge on any atom is 0.266 e. The highest BCUT2D eigenvalue weighted by atomic mass is 127. The zero-order valence-corrected chi connectivity index (χ0v) is 20.2. The quantitative estimate of drug-likeness (QED) is 0.275. The number of hydrogen-bond donors (Lipinski definition) is 0. The summed E-state index contributed by atoms with van der Waals surface area (Å²) in [5.74, 6) is 0.656. The molecular formula is C22H22IN3O4S. The molecule has 0 aliphatic carbocycles. The Morgan fingerprint density at radius 3 is 2.74 bits per heavy atom. The SMILES string of the molecule is COc1cccc(-n2c(S[C@@H](C)C(=O)N3CCOCC3)nc3ccc(I)cc3c2=O)c1. The molecule has 0 saturated carbocycles. The standard InChI is InChI=1S/C22H22IN3O4S/c1-14(20(27)25-8-10-30-11-9-25)31-22-24-19-7-6-15(23)12-18(19)21(28)26(22)16-4-3-5-17(13-16)29-2/h3-7,12-14H,8-11H2,1-2H3/t14-/m0/s1. The van der Waals surface area contributed by atoms with Gasteiger partial charge >= 0.3 is 0 Å². The van der Waals surface area contributed by atoms with Gasteiger partial charge in [0.15, 0.2) is 5.16 Å². The fraction of sp³-hybridized carbons (Fsp3) is 0.318. The largest absolute Gasteiger partial charge is 0.497 e. The zero-order valence-electron chi connectivity index (χ0n) is 17.2. The topological polar surface area (TPSA) is 73.7 Å². The van der Waals surface area contributed by atoms with Gasteiger partial charge in [-0.25, -0.2) is 4.98 Å². The summed E-state index contributed by atoms with van der Waals surface area (Å²) in [6, 6.07) is 12.9. The summed E-state index contributed by atoms with van der Waals surface area (Å²) in [5.41, 5.74) is 1.08. The van der Waals surface area contributed by atoms with Crippen molar-refractivity contribution in [1.29, 1.82) is 0 Å². The van der Waals surface area contributed by atoms with Crippen molar-refractivity contribution < 1.29 is 14.3 Å². The average Bonchev–Trinajstić information content (AvgIpc) is 2.80. The minimum Gasteiger partial charge on any atom is -0.497 e. The van der Waals surface area contributed by atoms with Gasteiger partial charge in [-0.05, 0) is 59.8 Å². The van der Waals surface area contributed by atoms with Crippen molar-refractivity contribution in [2.24, 2.45) is 0 Å². The van der Waals surface area contributed by atoms with E-state index in [1.54, 1.807) is 22.6 Å². The normalized spacial score (nSPS) is 15.1. The van der Waals surface area contributed by atoms with E-state index in [-0.39, 0.29) is 11.5 Å². The van der Waals surface area contributed by atoms with Crippen LogP contribution in [-0.4, -0.2) is 59.0 Å². The number of halogens is 1. The fourth-order valence-corrected chi connectivity index (χ4v) is 4.95. The minimum absolute atomic E-state index is 0.0162. The minimum atomic E-state index is -0.400. The second kappa shape index (κ2) is 9.58. The van der Waals surface area contributed by atoms with Crippen molar-refractivity contribution in [2.75, 3.05) is 33.4 Å². The average molecular weight is 551 g/mol. The summed E-state index contributed by atoms with van der Waals surface area (Å²) in [7, 11) is 1.58. The lowest BCUT2D eigenvalue weighted by molar-refractivity contribution is -0.134. The lowest BCUT2D eigenvalue weighted by atomic mass is 10.2. The first kappa shape index (κ1) is 22.1. The Kier molecular flexibility index (Phi) is 6.83. The molecule has 1 aliphatic heterocycles. The van der Waals surface area contributed by atoms with Gasteiger partial charge in [-0.1, -0.05) is 17.8 Å². The summed E-state index contributed by atoms with van der Waals surface area (Å²) >= 11 is 3.47. The van der Waals surface area contributed by atoms with Gasteiger partial charge in [0, 0.05) is 22.7 Å². The van der Waals surface area contributed by atoms with Crippen molar-refractivity contribution in [1.82, 2.24) is 14.5 Å². The lowest BCUT2D eigenvalue weighted by Gasteiger charge is -2.29. The van der Waals surface area contributed by atoms with Crippen molar-refractivity contribution >= 4 is 51.2 Å². The van der Waals surface area contributed by atoms with E-state index in [9.17, 15) is 9.59 Å². The van der Waals surface area contributed by atoms with E-state index >= 15 is 0 Å².